The number of fused-ring (bicyclic) bond motifs is 1. The van der Waals surface area contributed by atoms with Crippen molar-refractivity contribution in [1.29, 1.82) is 0 Å². The van der Waals surface area contributed by atoms with E-state index in [2.05, 4.69) is 9.97 Å². The van der Waals surface area contributed by atoms with E-state index in [1.54, 1.807) is 18.2 Å². The van der Waals surface area contributed by atoms with Gasteiger partial charge >= 0.3 is 0 Å². The smallest absolute Gasteiger partial charge is 0.238 e. The highest BCUT2D eigenvalue weighted by atomic mass is 35.5. The Hall–Kier alpha value is -2.73. The first-order valence-electron chi connectivity index (χ1n) is 7.07. The van der Waals surface area contributed by atoms with E-state index in [-0.39, 0.29) is 17.4 Å². The summed E-state index contributed by atoms with van der Waals surface area (Å²) in [6.07, 6.45) is 1.28. The second kappa shape index (κ2) is 6.80. The molecule has 0 N–H and O–H groups in total. The molecule has 1 atom stereocenters. The number of aromatic nitrogens is 2. The van der Waals surface area contributed by atoms with E-state index < -0.39 is 11.9 Å². The van der Waals surface area contributed by atoms with Gasteiger partial charge in [-0.25, -0.2) is 14.4 Å². The van der Waals surface area contributed by atoms with Crippen molar-refractivity contribution in [3.63, 3.8) is 0 Å². The molecular weight excluding hydrogens is 335 g/mol. The highest BCUT2D eigenvalue weighted by molar-refractivity contribution is 6.31. The Morgan fingerprint density at radius 3 is 2.79 bits per heavy atom. The van der Waals surface area contributed by atoms with Crippen molar-refractivity contribution in [2.45, 2.75) is 13.0 Å². The molecule has 0 fully saturated rings. The van der Waals surface area contributed by atoms with Gasteiger partial charge in [0.1, 0.15) is 5.75 Å². The van der Waals surface area contributed by atoms with Crippen LogP contribution in [0.2, 0.25) is 5.02 Å². The van der Waals surface area contributed by atoms with Crippen LogP contribution in [0.5, 0.6) is 17.4 Å². The number of carbonyl (C=O) groups is 1. The number of carbonyl (C=O) groups excluding carboxylic acids is 1. The van der Waals surface area contributed by atoms with E-state index in [4.69, 9.17) is 21.1 Å². The van der Waals surface area contributed by atoms with Crippen LogP contribution in [0.15, 0.2) is 42.6 Å². The maximum absolute atomic E-state index is 14.0. The molecule has 5 nitrogen and oxygen atoms in total. The van der Waals surface area contributed by atoms with E-state index in [1.807, 2.05) is 0 Å². The topological polar surface area (TPSA) is 61.3 Å². The van der Waals surface area contributed by atoms with Gasteiger partial charge in [-0.3, -0.25) is 4.79 Å². The fourth-order valence-corrected chi connectivity index (χ4v) is 2.17. The van der Waals surface area contributed by atoms with Crippen molar-refractivity contribution < 1.29 is 18.7 Å². The van der Waals surface area contributed by atoms with Crippen LogP contribution in [-0.2, 0) is 4.79 Å². The fraction of sp³-hybridized carbons (Fsp3) is 0.118. The van der Waals surface area contributed by atoms with E-state index in [1.165, 1.54) is 25.3 Å². The third kappa shape index (κ3) is 3.60. The van der Waals surface area contributed by atoms with Crippen molar-refractivity contribution >= 4 is 28.9 Å². The van der Waals surface area contributed by atoms with Crippen molar-refractivity contribution in [3.8, 4) is 17.4 Å². The summed E-state index contributed by atoms with van der Waals surface area (Å²) in [5, 5.41) is 0.563. The minimum atomic E-state index is -0.732. The molecule has 0 saturated carbocycles. The molecular formula is C17H12ClFN2O3. The Morgan fingerprint density at radius 1 is 1.21 bits per heavy atom. The van der Waals surface area contributed by atoms with Crippen LogP contribution in [0.1, 0.15) is 6.92 Å². The Balaban J connectivity index is 1.82. The highest BCUT2D eigenvalue weighted by Crippen LogP contribution is 2.27. The fourth-order valence-electron chi connectivity index (χ4n) is 2.01. The Labute approximate surface area is 142 Å². The molecule has 1 unspecified atom stereocenters. The third-order valence-electron chi connectivity index (χ3n) is 3.11. The van der Waals surface area contributed by atoms with E-state index in [9.17, 15) is 9.18 Å². The summed E-state index contributed by atoms with van der Waals surface area (Å²) in [7, 11) is 0. The lowest BCUT2D eigenvalue weighted by Crippen LogP contribution is -2.13. The molecule has 0 aliphatic carbocycles. The van der Waals surface area contributed by atoms with Gasteiger partial charge < -0.3 is 9.47 Å². The lowest BCUT2D eigenvalue weighted by Gasteiger charge is -2.11. The average molecular weight is 347 g/mol. The highest BCUT2D eigenvalue weighted by Gasteiger charge is 2.10. The largest absolute Gasteiger partial charge is 0.480 e. The lowest BCUT2D eigenvalue weighted by atomic mass is 10.3. The van der Waals surface area contributed by atoms with Crippen molar-refractivity contribution in [2.24, 2.45) is 0 Å². The number of aldehydes is 1. The third-order valence-corrected chi connectivity index (χ3v) is 3.35. The van der Waals surface area contributed by atoms with E-state index in [0.29, 0.717) is 22.3 Å². The monoisotopic (exact) mass is 346 g/mol. The molecule has 1 heterocycles. The van der Waals surface area contributed by atoms with Crippen molar-refractivity contribution in [3.05, 3.63) is 53.4 Å². The van der Waals surface area contributed by atoms with Crippen LogP contribution in [0.25, 0.3) is 11.0 Å². The number of rotatable bonds is 5. The van der Waals surface area contributed by atoms with Crippen LogP contribution < -0.4 is 9.47 Å². The maximum atomic E-state index is 14.0. The first-order chi connectivity index (χ1) is 11.5. The molecule has 2 aromatic carbocycles. The molecule has 1 aromatic heterocycles. The van der Waals surface area contributed by atoms with Gasteiger partial charge in [0, 0.05) is 11.1 Å². The Bertz CT molecular complexity index is 904. The van der Waals surface area contributed by atoms with Gasteiger partial charge in [0.2, 0.25) is 5.88 Å². The number of hydrogen-bond acceptors (Lipinski definition) is 5. The molecule has 3 aromatic rings. The van der Waals surface area contributed by atoms with E-state index in [0.717, 1.165) is 6.07 Å². The summed E-state index contributed by atoms with van der Waals surface area (Å²) < 4.78 is 24.6. The minimum Gasteiger partial charge on any atom is -0.480 e. The van der Waals surface area contributed by atoms with Gasteiger partial charge in [0.05, 0.1) is 17.2 Å². The molecule has 0 spiro atoms. The predicted octanol–water partition coefficient (Wildman–Crippen LogP) is 4.18. The normalized spacial score (nSPS) is 12.0. The molecule has 0 saturated heterocycles. The summed E-state index contributed by atoms with van der Waals surface area (Å²) in [5.74, 6) is -0.205. The van der Waals surface area contributed by atoms with Gasteiger partial charge in [-0.2, -0.15) is 0 Å². The van der Waals surface area contributed by atoms with Gasteiger partial charge in [0.15, 0.2) is 24.0 Å². The van der Waals surface area contributed by atoms with Crippen LogP contribution in [0.3, 0.4) is 0 Å². The van der Waals surface area contributed by atoms with Crippen molar-refractivity contribution in [2.75, 3.05) is 0 Å². The Morgan fingerprint density at radius 2 is 2.04 bits per heavy atom. The second-order valence-electron chi connectivity index (χ2n) is 4.99. The quantitative estimate of drug-likeness (QED) is 0.648. The number of hydrogen-bond donors (Lipinski definition) is 0. The van der Waals surface area contributed by atoms with Gasteiger partial charge in [-0.05, 0) is 37.3 Å². The molecule has 3 rings (SSSR count). The summed E-state index contributed by atoms with van der Waals surface area (Å²) in [4.78, 5) is 19.0. The second-order valence-corrected chi connectivity index (χ2v) is 5.43. The van der Waals surface area contributed by atoms with Crippen LogP contribution in [0, 0.1) is 5.82 Å². The van der Waals surface area contributed by atoms with E-state index >= 15 is 0 Å². The molecule has 0 amide bonds. The van der Waals surface area contributed by atoms with Crippen LogP contribution in [-0.4, -0.2) is 22.4 Å². The van der Waals surface area contributed by atoms with Crippen LogP contribution >= 0.6 is 11.6 Å². The standard InChI is InChI=1S/C17H12ClFN2O3/c1-10(9-22)23-16-5-3-12(7-13(16)19)24-17-8-20-15-6-11(18)2-4-14(15)21-17/h2-10H,1H3. The number of ether oxygens (including phenoxy) is 2. The SMILES string of the molecule is CC(C=O)Oc1ccc(Oc2cnc3cc(Cl)ccc3n2)cc1F. The molecule has 0 aliphatic heterocycles. The first-order valence-corrected chi connectivity index (χ1v) is 7.44. The predicted molar refractivity (Wildman–Crippen MR) is 87.2 cm³/mol. The zero-order valence-electron chi connectivity index (χ0n) is 12.6. The zero-order chi connectivity index (χ0) is 17.1. The first kappa shape index (κ1) is 16.1. The number of benzene rings is 2. The van der Waals surface area contributed by atoms with Gasteiger partial charge in [-0.1, -0.05) is 11.6 Å². The molecule has 122 valence electrons. The Kier molecular flexibility index (Phi) is 4.57. The van der Waals surface area contributed by atoms with Gasteiger partial charge in [-0.15, -0.1) is 0 Å². The molecule has 0 aliphatic rings. The molecule has 7 heteroatoms. The molecule has 0 radical (unpaired) electrons. The summed E-state index contributed by atoms with van der Waals surface area (Å²) >= 11 is 5.89. The summed E-state index contributed by atoms with van der Waals surface area (Å²) in [6.45, 7) is 1.52. The molecule has 0 bridgehead atoms. The summed E-state index contributed by atoms with van der Waals surface area (Å²) in [6, 6.07) is 9.16. The number of nitrogens with zero attached hydrogens (tertiary/aromatic N) is 2. The average Bonchev–Trinajstić information content (AvgIpc) is 2.57. The number of halogens is 2. The van der Waals surface area contributed by atoms with Crippen molar-refractivity contribution in [1.82, 2.24) is 9.97 Å². The minimum absolute atomic E-state index is 0.0267. The molecule has 24 heavy (non-hydrogen) atoms. The van der Waals surface area contributed by atoms with Gasteiger partial charge in [0.25, 0.3) is 0 Å². The lowest BCUT2D eigenvalue weighted by molar-refractivity contribution is -0.113. The maximum Gasteiger partial charge on any atom is 0.238 e. The zero-order valence-corrected chi connectivity index (χ0v) is 13.3. The van der Waals surface area contributed by atoms with Crippen LogP contribution in [0.4, 0.5) is 4.39 Å². The summed E-state index contributed by atoms with van der Waals surface area (Å²) in [5.41, 5.74) is 1.24.